The second-order valence-corrected chi connectivity index (χ2v) is 4.96. The minimum Gasteiger partial charge on any atom is -0.479 e. The summed E-state index contributed by atoms with van der Waals surface area (Å²) >= 11 is 0. The number of rotatable bonds is 3. The number of carboxylic acids is 1. The van der Waals surface area contributed by atoms with Crippen molar-refractivity contribution in [2.45, 2.75) is 44.1 Å². The van der Waals surface area contributed by atoms with Crippen LogP contribution in [0.25, 0.3) is 0 Å². The summed E-state index contributed by atoms with van der Waals surface area (Å²) in [5.41, 5.74) is -1.37. The maximum Gasteiger partial charge on any atom is 0.330 e. The summed E-state index contributed by atoms with van der Waals surface area (Å²) < 4.78 is 0. The van der Waals surface area contributed by atoms with E-state index in [9.17, 15) is 19.5 Å². The Hall–Kier alpha value is -1.72. The topological polar surface area (TPSA) is 98.5 Å². The number of carbonyl (C=O) groups excluding carboxylic acids is 2. The zero-order valence-electron chi connectivity index (χ0n) is 10.0. The van der Waals surface area contributed by atoms with Crippen molar-refractivity contribution >= 4 is 24.0 Å². The maximum absolute atomic E-state index is 11.7. The largest absolute Gasteiger partial charge is 0.479 e. The predicted molar refractivity (Wildman–Crippen MR) is 62.2 cm³/mol. The fourth-order valence-corrected chi connectivity index (χ4v) is 2.87. The fourth-order valence-electron chi connectivity index (χ4n) is 2.87. The molecule has 2 N–H and O–H groups in total. The molecule has 1 saturated carbocycles. The number of carbonyl (C=O) groups is 3. The van der Waals surface area contributed by atoms with E-state index in [4.69, 9.17) is 5.41 Å². The monoisotopic (exact) mass is 252 g/mol. The second kappa shape index (κ2) is 4.51. The van der Waals surface area contributed by atoms with E-state index in [-0.39, 0.29) is 43.4 Å². The Balaban J connectivity index is 2.28. The van der Waals surface area contributed by atoms with E-state index in [1.54, 1.807) is 0 Å². The third-order valence-electron chi connectivity index (χ3n) is 3.97. The van der Waals surface area contributed by atoms with Crippen LogP contribution < -0.4 is 0 Å². The van der Waals surface area contributed by atoms with Crippen molar-refractivity contribution in [1.82, 2.24) is 4.90 Å². The van der Waals surface area contributed by atoms with Crippen LogP contribution in [0.5, 0.6) is 0 Å². The number of carboxylic acid groups (broad SMARTS) is 1. The van der Waals surface area contributed by atoms with Crippen LogP contribution >= 0.6 is 0 Å². The van der Waals surface area contributed by atoms with Gasteiger partial charge in [0.15, 0.2) is 0 Å². The Labute approximate surface area is 104 Å². The third kappa shape index (κ3) is 1.81. The van der Waals surface area contributed by atoms with Gasteiger partial charge in [-0.3, -0.25) is 14.5 Å². The molecular weight excluding hydrogens is 236 g/mol. The number of imide groups is 1. The molecule has 1 heterocycles. The zero-order chi connectivity index (χ0) is 13.3. The second-order valence-electron chi connectivity index (χ2n) is 4.96. The van der Waals surface area contributed by atoms with Crippen LogP contribution in [0, 0.1) is 11.3 Å². The molecule has 6 nitrogen and oxygen atoms in total. The molecule has 0 bridgehead atoms. The van der Waals surface area contributed by atoms with Crippen molar-refractivity contribution in [3.05, 3.63) is 0 Å². The normalized spacial score (nSPS) is 32.7. The molecule has 0 atom stereocenters. The smallest absolute Gasteiger partial charge is 0.330 e. The molecule has 2 rings (SSSR count). The van der Waals surface area contributed by atoms with Gasteiger partial charge in [-0.2, -0.15) is 0 Å². The molecular formula is C12H16N2O4. The molecule has 0 aromatic rings. The van der Waals surface area contributed by atoms with Gasteiger partial charge in [-0.1, -0.05) is 0 Å². The lowest BCUT2D eigenvalue weighted by atomic mass is 9.75. The summed E-state index contributed by atoms with van der Waals surface area (Å²) in [4.78, 5) is 36.0. The standard InChI is InChI=1S/C12H16N2O4/c13-7-8-3-5-12(6-4-8,11(17)18)14-9(15)1-2-10(14)16/h7-8,13H,1-6H2,(H,17,18). The summed E-state index contributed by atoms with van der Waals surface area (Å²) in [6, 6.07) is 0. The maximum atomic E-state index is 11.7. The minimum atomic E-state index is -1.37. The summed E-state index contributed by atoms with van der Waals surface area (Å²) in [5, 5.41) is 16.6. The van der Waals surface area contributed by atoms with Crippen LogP contribution in [-0.2, 0) is 14.4 Å². The average Bonchev–Trinajstić information content (AvgIpc) is 2.69. The van der Waals surface area contributed by atoms with Crippen molar-refractivity contribution in [2.75, 3.05) is 0 Å². The molecule has 0 spiro atoms. The number of nitrogens with zero attached hydrogens (tertiary/aromatic N) is 1. The first-order chi connectivity index (χ1) is 8.51. The van der Waals surface area contributed by atoms with E-state index in [2.05, 4.69) is 0 Å². The van der Waals surface area contributed by atoms with Crippen molar-refractivity contribution in [3.8, 4) is 0 Å². The van der Waals surface area contributed by atoms with Crippen LogP contribution in [0.15, 0.2) is 0 Å². The van der Waals surface area contributed by atoms with E-state index < -0.39 is 11.5 Å². The fraction of sp³-hybridized carbons (Fsp3) is 0.667. The van der Waals surface area contributed by atoms with Crippen molar-refractivity contribution in [2.24, 2.45) is 5.92 Å². The van der Waals surface area contributed by atoms with Gasteiger partial charge in [0, 0.05) is 12.8 Å². The van der Waals surface area contributed by atoms with Gasteiger partial charge in [0.25, 0.3) is 0 Å². The SMILES string of the molecule is N=CC1CCC(C(=O)O)(N2C(=O)CCC2=O)CC1. The van der Waals surface area contributed by atoms with E-state index in [0.29, 0.717) is 12.8 Å². The first kappa shape index (κ1) is 12.7. The first-order valence-electron chi connectivity index (χ1n) is 6.11. The Morgan fingerprint density at radius 1 is 1.28 bits per heavy atom. The van der Waals surface area contributed by atoms with Gasteiger partial charge in [-0.15, -0.1) is 0 Å². The minimum absolute atomic E-state index is 0.0604. The lowest BCUT2D eigenvalue weighted by Gasteiger charge is -2.41. The van der Waals surface area contributed by atoms with Crippen LogP contribution in [0.1, 0.15) is 38.5 Å². The molecule has 1 aliphatic heterocycles. The molecule has 2 amide bonds. The highest BCUT2D eigenvalue weighted by atomic mass is 16.4. The molecule has 98 valence electrons. The molecule has 0 unspecified atom stereocenters. The first-order valence-corrected chi connectivity index (χ1v) is 6.11. The molecule has 0 radical (unpaired) electrons. The van der Waals surface area contributed by atoms with Crippen molar-refractivity contribution < 1.29 is 19.5 Å². The lowest BCUT2D eigenvalue weighted by Crippen LogP contribution is -2.58. The number of nitrogens with one attached hydrogen (secondary N) is 1. The highest BCUT2D eigenvalue weighted by Gasteiger charge is 2.53. The van der Waals surface area contributed by atoms with Crippen LogP contribution in [-0.4, -0.2) is 39.5 Å². The number of amides is 2. The molecule has 1 saturated heterocycles. The molecule has 1 aliphatic carbocycles. The summed E-state index contributed by atoms with van der Waals surface area (Å²) in [7, 11) is 0. The number of aliphatic carboxylic acids is 1. The van der Waals surface area contributed by atoms with Gasteiger partial charge in [-0.05, 0) is 37.8 Å². The highest BCUT2D eigenvalue weighted by molar-refractivity contribution is 6.06. The van der Waals surface area contributed by atoms with Gasteiger partial charge in [0.2, 0.25) is 11.8 Å². The van der Waals surface area contributed by atoms with Crippen LogP contribution in [0.3, 0.4) is 0 Å². The van der Waals surface area contributed by atoms with Crippen LogP contribution in [0.4, 0.5) is 0 Å². The quantitative estimate of drug-likeness (QED) is 0.573. The number of likely N-dealkylation sites (tertiary alicyclic amines) is 1. The van der Waals surface area contributed by atoms with Gasteiger partial charge in [-0.25, -0.2) is 4.79 Å². The van der Waals surface area contributed by atoms with Gasteiger partial charge >= 0.3 is 5.97 Å². The Morgan fingerprint density at radius 2 is 1.78 bits per heavy atom. The van der Waals surface area contributed by atoms with E-state index in [1.165, 1.54) is 6.21 Å². The van der Waals surface area contributed by atoms with Gasteiger partial charge in [0.05, 0.1) is 0 Å². The highest BCUT2D eigenvalue weighted by Crippen LogP contribution is 2.38. The molecule has 2 aliphatic rings. The zero-order valence-corrected chi connectivity index (χ0v) is 10.0. The summed E-state index contributed by atoms with van der Waals surface area (Å²) in [6.07, 6.45) is 3.11. The molecule has 0 aromatic carbocycles. The van der Waals surface area contributed by atoms with Crippen molar-refractivity contribution in [1.29, 1.82) is 5.41 Å². The van der Waals surface area contributed by atoms with Gasteiger partial charge in [0.1, 0.15) is 5.54 Å². The van der Waals surface area contributed by atoms with E-state index in [0.717, 1.165) is 4.90 Å². The Morgan fingerprint density at radius 3 is 2.17 bits per heavy atom. The van der Waals surface area contributed by atoms with E-state index in [1.807, 2.05) is 0 Å². The van der Waals surface area contributed by atoms with Crippen LogP contribution in [0.2, 0.25) is 0 Å². The molecule has 18 heavy (non-hydrogen) atoms. The Bertz CT molecular complexity index is 394. The molecule has 0 aromatic heterocycles. The summed E-state index contributed by atoms with van der Waals surface area (Å²) in [5.74, 6) is -1.80. The molecule has 6 heteroatoms. The average molecular weight is 252 g/mol. The van der Waals surface area contributed by atoms with Crippen molar-refractivity contribution in [3.63, 3.8) is 0 Å². The van der Waals surface area contributed by atoms with E-state index >= 15 is 0 Å². The van der Waals surface area contributed by atoms with Gasteiger partial charge < -0.3 is 10.5 Å². The third-order valence-corrected chi connectivity index (χ3v) is 3.97. The number of hydrogen-bond acceptors (Lipinski definition) is 4. The predicted octanol–water partition coefficient (Wildman–Crippen LogP) is 0.799. The number of hydrogen-bond donors (Lipinski definition) is 2. The Kier molecular flexibility index (Phi) is 3.19. The lowest BCUT2D eigenvalue weighted by molar-refractivity contribution is -0.165. The summed E-state index contributed by atoms with van der Waals surface area (Å²) in [6.45, 7) is 0. The molecule has 2 fully saturated rings.